The first kappa shape index (κ1) is 22.0. The molecule has 3 aromatic rings. The van der Waals surface area contributed by atoms with Gasteiger partial charge in [-0.2, -0.15) is 0 Å². The van der Waals surface area contributed by atoms with E-state index < -0.39 is 0 Å². The molecule has 0 radical (unpaired) electrons. The molecule has 4 nitrogen and oxygen atoms in total. The molecule has 0 atom stereocenters. The molecular weight excluding hydrogens is 392 g/mol. The van der Waals surface area contributed by atoms with E-state index in [1.165, 1.54) is 11.1 Å². The van der Waals surface area contributed by atoms with Crippen molar-refractivity contribution in [2.24, 2.45) is 0 Å². The molecule has 0 spiro atoms. The van der Waals surface area contributed by atoms with Gasteiger partial charge in [-0.1, -0.05) is 24.3 Å². The maximum Gasteiger partial charge on any atom is 0.254 e. The molecule has 0 saturated heterocycles. The number of nitrogens with zero attached hydrogens (tertiary/aromatic N) is 2. The highest BCUT2D eigenvalue weighted by Crippen LogP contribution is 2.25. The minimum absolute atomic E-state index is 0.0414. The average molecular weight is 423 g/mol. The quantitative estimate of drug-likeness (QED) is 0.468. The van der Waals surface area contributed by atoms with Crippen LogP contribution in [-0.4, -0.2) is 21.8 Å². The fourth-order valence-corrected chi connectivity index (χ4v) is 4.11. The van der Waals surface area contributed by atoms with Gasteiger partial charge in [-0.15, -0.1) is 11.3 Å². The highest BCUT2D eigenvalue weighted by Gasteiger charge is 2.21. The monoisotopic (exact) mass is 422 g/mol. The van der Waals surface area contributed by atoms with Gasteiger partial charge in [-0.05, 0) is 75.9 Å². The van der Waals surface area contributed by atoms with Crippen molar-refractivity contribution >= 4 is 17.2 Å². The standard InChI is InChI=1S/C25H30N2O2S/c1-16(2)27(25(28)22-10-8-7-9-18(22)4)13-21-15-30-24(26-21)14-29-23-12-17(3)11-19(5)20(23)6/h7-12,15-16H,13-14H2,1-6H3. The number of aryl methyl sites for hydroxylation is 3. The molecule has 30 heavy (non-hydrogen) atoms. The Balaban J connectivity index is 1.70. The van der Waals surface area contributed by atoms with Gasteiger partial charge in [-0.25, -0.2) is 4.98 Å². The van der Waals surface area contributed by atoms with Crippen LogP contribution in [0.4, 0.5) is 0 Å². The third-order valence-electron chi connectivity index (χ3n) is 5.31. The van der Waals surface area contributed by atoms with Crippen molar-refractivity contribution in [3.8, 4) is 5.75 Å². The van der Waals surface area contributed by atoms with Gasteiger partial charge >= 0.3 is 0 Å². The van der Waals surface area contributed by atoms with Crippen LogP contribution >= 0.6 is 11.3 Å². The molecule has 0 bridgehead atoms. The fourth-order valence-electron chi connectivity index (χ4n) is 3.41. The van der Waals surface area contributed by atoms with E-state index in [9.17, 15) is 4.79 Å². The summed E-state index contributed by atoms with van der Waals surface area (Å²) < 4.78 is 6.05. The molecule has 158 valence electrons. The summed E-state index contributed by atoms with van der Waals surface area (Å²) in [6, 6.07) is 12.0. The van der Waals surface area contributed by atoms with Crippen LogP contribution in [0.1, 0.15) is 57.2 Å². The van der Waals surface area contributed by atoms with Crippen LogP contribution in [-0.2, 0) is 13.2 Å². The summed E-state index contributed by atoms with van der Waals surface area (Å²) in [5.74, 6) is 0.947. The van der Waals surface area contributed by atoms with Crippen molar-refractivity contribution in [3.05, 3.63) is 80.3 Å². The Bertz CT molecular complexity index is 1040. The molecule has 0 saturated carbocycles. The van der Waals surface area contributed by atoms with Crippen LogP contribution in [0.15, 0.2) is 41.8 Å². The number of carbonyl (C=O) groups excluding carboxylic acids is 1. The topological polar surface area (TPSA) is 42.4 Å². The molecule has 0 N–H and O–H groups in total. The lowest BCUT2D eigenvalue weighted by atomic mass is 10.1. The molecule has 0 unspecified atom stereocenters. The largest absolute Gasteiger partial charge is 0.486 e. The van der Waals surface area contributed by atoms with E-state index in [0.717, 1.165) is 33.1 Å². The summed E-state index contributed by atoms with van der Waals surface area (Å²) in [7, 11) is 0. The van der Waals surface area contributed by atoms with Gasteiger partial charge in [0, 0.05) is 17.0 Å². The van der Waals surface area contributed by atoms with E-state index in [0.29, 0.717) is 13.2 Å². The van der Waals surface area contributed by atoms with E-state index in [1.54, 1.807) is 11.3 Å². The first-order chi connectivity index (χ1) is 14.3. The van der Waals surface area contributed by atoms with Crippen LogP contribution in [0.3, 0.4) is 0 Å². The Morgan fingerprint density at radius 1 is 1.10 bits per heavy atom. The van der Waals surface area contributed by atoms with Gasteiger partial charge < -0.3 is 9.64 Å². The molecule has 1 aromatic heterocycles. The average Bonchev–Trinajstić information content (AvgIpc) is 3.15. The van der Waals surface area contributed by atoms with E-state index in [-0.39, 0.29) is 11.9 Å². The van der Waals surface area contributed by atoms with Gasteiger partial charge in [0.25, 0.3) is 5.91 Å². The highest BCUT2D eigenvalue weighted by molar-refractivity contribution is 7.09. The molecule has 3 rings (SSSR count). The molecule has 0 fully saturated rings. The molecular formula is C25H30N2O2S. The van der Waals surface area contributed by atoms with Gasteiger partial charge in [-0.3, -0.25) is 4.79 Å². The molecule has 0 aliphatic carbocycles. The smallest absolute Gasteiger partial charge is 0.254 e. The lowest BCUT2D eigenvalue weighted by Gasteiger charge is -2.26. The van der Waals surface area contributed by atoms with Crippen molar-refractivity contribution < 1.29 is 9.53 Å². The van der Waals surface area contributed by atoms with Crippen LogP contribution < -0.4 is 4.74 Å². The lowest BCUT2D eigenvalue weighted by Crippen LogP contribution is -2.36. The Morgan fingerprint density at radius 2 is 1.83 bits per heavy atom. The summed E-state index contributed by atoms with van der Waals surface area (Å²) in [5, 5.41) is 2.93. The van der Waals surface area contributed by atoms with E-state index >= 15 is 0 Å². The predicted octanol–water partition coefficient (Wildman–Crippen LogP) is 6.01. The maximum atomic E-state index is 13.1. The molecule has 5 heteroatoms. The van der Waals surface area contributed by atoms with Crippen molar-refractivity contribution in [1.29, 1.82) is 0 Å². The lowest BCUT2D eigenvalue weighted by molar-refractivity contribution is 0.0687. The number of thiazole rings is 1. The second-order valence-corrected chi connectivity index (χ2v) is 9.01. The maximum absolute atomic E-state index is 13.1. The minimum Gasteiger partial charge on any atom is -0.486 e. The fraction of sp³-hybridized carbons (Fsp3) is 0.360. The normalized spacial score (nSPS) is 11.0. The summed E-state index contributed by atoms with van der Waals surface area (Å²) in [5.41, 5.74) is 6.21. The summed E-state index contributed by atoms with van der Waals surface area (Å²) >= 11 is 1.57. The first-order valence-electron chi connectivity index (χ1n) is 10.3. The molecule has 0 aliphatic heterocycles. The molecule has 2 aromatic carbocycles. The molecule has 1 heterocycles. The van der Waals surface area contributed by atoms with Crippen molar-refractivity contribution in [1.82, 2.24) is 9.88 Å². The van der Waals surface area contributed by atoms with Crippen molar-refractivity contribution in [3.63, 3.8) is 0 Å². The SMILES string of the molecule is Cc1cc(C)c(C)c(OCc2nc(CN(C(=O)c3ccccc3C)C(C)C)cs2)c1. The van der Waals surface area contributed by atoms with Crippen LogP contribution in [0.5, 0.6) is 5.75 Å². The first-order valence-corrected chi connectivity index (χ1v) is 11.1. The zero-order chi connectivity index (χ0) is 21.8. The van der Waals surface area contributed by atoms with E-state index in [4.69, 9.17) is 9.72 Å². The number of hydrogen-bond donors (Lipinski definition) is 0. The third-order valence-corrected chi connectivity index (χ3v) is 6.18. The molecule has 0 aliphatic rings. The summed E-state index contributed by atoms with van der Waals surface area (Å²) in [4.78, 5) is 19.7. The number of rotatable bonds is 7. The number of aromatic nitrogens is 1. The Labute approximate surface area is 183 Å². The van der Waals surface area contributed by atoms with Gasteiger partial charge in [0.1, 0.15) is 17.4 Å². The zero-order valence-electron chi connectivity index (χ0n) is 18.7. The van der Waals surface area contributed by atoms with E-state index in [1.807, 2.05) is 55.3 Å². The zero-order valence-corrected chi connectivity index (χ0v) is 19.5. The number of ether oxygens (including phenoxy) is 1. The van der Waals surface area contributed by atoms with Crippen molar-refractivity contribution in [2.45, 2.75) is 60.7 Å². The van der Waals surface area contributed by atoms with Gasteiger partial charge in [0.05, 0.1) is 12.2 Å². The highest BCUT2D eigenvalue weighted by atomic mass is 32.1. The summed E-state index contributed by atoms with van der Waals surface area (Å²) in [6.45, 7) is 13.2. The second kappa shape index (κ2) is 9.43. The van der Waals surface area contributed by atoms with Gasteiger partial charge in [0.15, 0.2) is 0 Å². The van der Waals surface area contributed by atoms with Crippen LogP contribution in [0, 0.1) is 27.7 Å². The van der Waals surface area contributed by atoms with E-state index in [2.05, 4.69) is 32.9 Å². The number of hydrogen-bond acceptors (Lipinski definition) is 4. The Morgan fingerprint density at radius 3 is 2.53 bits per heavy atom. The number of carbonyl (C=O) groups is 1. The van der Waals surface area contributed by atoms with Crippen LogP contribution in [0.2, 0.25) is 0 Å². The van der Waals surface area contributed by atoms with Gasteiger partial charge in [0.2, 0.25) is 0 Å². The summed E-state index contributed by atoms with van der Waals surface area (Å²) in [6.07, 6.45) is 0. The Hall–Kier alpha value is -2.66. The van der Waals surface area contributed by atoms with Crippen LogP contribution in [0.25, 0.3) is 0 Å². The second-order valence-electron chi connectivity index (χ2n) is 8.07. The molecule has 1 amide bonds. The predicted molar refractivity (Wildman–Crippen MR) is 123 cm³/mol. The van der Waals surface area contributed by atoms with Crippen molar-refractivity contribution in [2.75, 3.05) is 0 Å². The third kappa shape index (κ3) is 5.08. The Kier molecular flexibility index (Phi) is 6.93. The number of amides is 1. The minimum atomic E-state index is 0.0414. The number of benzene rings is 2.